The Morgan fingerprint density at radius 3 is 2.71 bits per heavy atom. The summed E-state index contributed by atoms with van der Waals surface area (Å²) in [6, 6.07) is 7.50. The molecule has 4 heteroatoms. The maximum Gasteiger partial charge on any atom is 0.337 e. The van der Waals surface area contributed by atoms with Crippen LogP contribution in [0.1, 0.15) is 13.8 Å². The maximum atomic E-state index is 11.5. The van der Waals surface area contributed by atoms with Crippen molar-refractivity contribution in [3.8, 4) is 5.75 Å². The predicted octanol–water partition coefficient (Wildman–Crippen LogP) is 3.34. The summed E-state index contributed by atoms with van der Waals surface area (Å²) >= 11 is 3.38. The van der Waals surface area contributed by atoms with Crippen molar-refractivity contribution in [2.75, 3.05) is 13.2 Å². The van der Waals surface area contributed by atoms with Crippen molar-refractivity contribution in [3.05, 3.63) is 40.4 Å². The number of allylic oxidation sites excluding steroid dienone is 1. The molecule has 0 aliphatic rings. The number of carbonyl (C=O) groups is 1. The minimum atomic E-state index is -0.331. The minimum absolute atomic E-state index is 0.206. The van der Waals surface area contributed by atoms with Crippen molar-refractivity contribution in [2.24, 2.45) is 0 Å². The van der Waals surface area contributed by atoms with E-state index in [0.717, 1.165) is 4.47 Å². The Balaban J connectivity index is 2.60. The average molecular weight is 299 g/mol. The molecule has 17 heavy (non-hydrogen) atoms. The van der Waals surface area contributed by atoms with Crippen LogP contribution in [0.5, 0.6) is 5.75 Å². The number of hydrogen-bond acceptors (Lipinski definition) is 3. The largest absolute Gasteiger partial charge is 0.487 e. The predicted molar refractivity (Wildman–Crippen MR) is 70.0 cm³/mol. The molecule has 0 aromatic heterocycles. The van der Waals surface area contributed by atoms with Gasteiger partial charge in [0.15, 0.2) is 0 Å². The zero-order valence-electron chi connectivity index (χ0n) is 9.90. The topological polar surface area (TPSA) is 35.5 Å². The summed E-state index contributed by atoms with van der Waals surface area (Å²) in [7, 11) is 0. The van der Waals surface area contributed by atoms with Crippen LogP contribution >= 0.6 is 15.9 Å². The van der Waals surface area contributed by atoms with Crippen LogP contribution in [0.25, 0.3) is 0 Å². The lowest BCUT2D eigenvalue weighted by atomic mass is 10.2. The molecule has 0 bridgehead atoms. The van der Waals surface area contributed by atoms with Crippen molar-refractivity contribution in [1.29, 1.82) is 0 Å². The molecule has 92 valence electrons. The molecule has 0 saturated carbocycles. The molecule has 0 radical (unpaired) electrons. The number of para-hydroxylation sites is 1. The van der Waals surface area contributed by atoms with Gasteiger partial charge in [-0.15, -0.1) is 0 Å². The lowest BCUT2D eigenvalue weighted by molar-refractivity contribution is -0.138. The number of hydrogen-bond donors (Lipinski definition) is 0. The molecular formula is C13H15BrO3. The molecule has 0 unspecified atom stereocenters. The molecule has 1 aromatic rings. The Bertz CT molecular complexity index is 413. The van der Waals surface area contributed by atoms with Crippen LogP contribution in [0.2, 0.25) is 0 Å². The second-order valence-corrected chi connectivity index (χ2v) is 4.11. The van der Waals surface area contributed by atoms with Gasteiger partial charge >= 0.3 is 5.97 Å². The number of halogens is 1. The summed E-state index contributed by atoms with van der Waals surface area (Å²) < 4.78 is 11.3. The molecule has 0 aliphatic heterocycles. The molecule has 0 saturated heterocycles. The van der Waals surface area contributed by atoms with E-state index in [0.29, 0.717) is 17.9 Å². The molecule has 3 nitrogen and oxygen atoms in total. The third kappa shape index (κ3) is 4.23. The minimum Gasteiger partial charge on any atom is -0.487 e. The van der Waals surface area contributed by atoms with Crippen LogP contribution in [0.15, 0.2) is 40.4 Å². The summed E-state index contributed by atoms with van der Waals surface area (Å²) in [5, 5.41) is 0. The average Bonchev–Trinajstić information content (AvgIpc) is 2.32. The van der Waals surface area contributed by atoms with E-state index >= 15 is 0 Å². The number of carbonyl (C=O) groups excluding carboxylic acids is 1. The molecule has 0 atom stereocenters. The molecule has 1 rings (SSSR count). The molecule has 0 amide bonds. The van der Waals surface area contributed by atoms with Gasteiger partial charge in [-0.3, -0.25) is 0 Å². The zero-order chi connectivity index (χ0) is 12.7. The van der Waals surface area contributed by atoms with Crippen LogP contribution in [0.4, 0.5) is 0 Å². The fourth-order valence-corrected chi connectivity index (χ4v) is 1.60. The normalized spacial score (nSPS) is 11.1. The smallest absolute Gasteiger partial charge is 0.337 e. The second kappa shape index (κ2) is 7.12. The van der Waals surface area contributed by atoms with E-state index in [1.807, 2.05) is 24.3 Å². The summed E-state index contributed by atoms with van der Waals surface area (Å²) in [6.45, 7) is 4.14. The molecule has 0 spiro atoms. The van der Waals surface area contributed by atoms with E-state index in [1.54, 1.807) is 19.9 Å². The highest BCUT2D eigenvalue weighted by Crippen LogP contribution is 2.24. The Morgan fingerprint density at radius 2 is 2.12 bits per heavy atom. The molecule has 0 fully saturated rings. The van der Waals surface area contributed by atoms with Crippen LogP contribution in [0.3, 0.4) is 0 Å². The maximum absolute atomic E-state index is 11.5. The SMILES string of the molecule is C/C=C(\COc1ccccc1Br)C(=O)OCC. The van der Waals surface area contributed by atoms with Crippen LogP contribution < -0.4 is 4.74 Å². The first-order chi connectivity index (χ1) is 8.19. The van der Waals surface area contributed by atoms with Gasteiger partial charge in [-0.2, -0.15) is 0 Å². The van der Waals surface area contributed by atoms with Crippen LogP contribution in [-0.4, -0.2) is 19.2 Å². The van der Waals surface area contributed by atoms with E-state index < -0.39 is 0 Å². The van der Waals surface area contributed by atoms with Gasteiger partial charge in [-0.1, -0.05) is 18.2 Å². The monoisotopic (exact) mass is 298 g/mol. The first-order valence-electron chi connectivity index (χ1n) is 5.38. The van der Waals surface area contributed by atoms with Gasteiger partial charge < -0.3 is 9.47 Å². The van der Waals surface area contributed by atoms with Gasteiger partial charge in [0.2, 0.25) is 0 Å². The van der Waals surface area contributed by atoms with Crippen molar-refractivity contribution in [3.63, 3.8) is 0 Å². The third-order valence-electron chi connectivity index (χ3n) is 2.11. The van der Waals surface area contributed by atoms with Gasteiger partial charge in [-0.25, -0.2) is 4.79 Å². The molecule has 0 N–H and O–H groups in total. The van der Waals surface area contributed by atoms with Gasteiger partial charge in [-0.05, 0) is 41.9 Å². The number of esters is 1. The van der Waals surface area contributed by atoms with E-state index in [2.05, 4.69) is 15.9 Å². The number of rotatable bonds is 5. The van der Waals surface area contributed by atoms with E-state index in [-0.39, 0.29) is 12.6 Å². The quantitative estimate of drug-likeness (QED) is 0.618. The highest BCUT2D eigenvalue weighted by Gasteiger charge is 2.10. The van der Waals surface area contributed by atoms with E-state index in [4.69, 9.17) is 9.47 Å². The van der Waals surface area contributed by atoms with Gasteiger partial charge in [0, 0.05) is 0 Å². The van der Waals surface area contributed by atoms with Crippen LogP contribution in [0, 0.1) is 0 Å². The molecule has 1 aromatic carbocycles. The van der Waals surface area contributed by atoms with Gasteiger partial charge in [0.05, 0.1) is 16.7 Å². The standard InChI is InChI=1S/C13H15BrO3/c1-3-10(13(15)16-4-2)9-17-12-8-6-5-7-11(12)14/h3,5-8H,4,9H2,1-2H3/b10-3+. The van der Waals surface area contributed by atoms with Crippen molar-refractivity contribution < 1.29 is 14.3 Å². The van der Waals surface area contributed by atoms with E-state index in [9.17, 15) is 4.79 Å². The summed E-state index contributed by atoms with van der Waals surface area (Å²) in [5.41, 5.74) is 0.516. The van der Waals surface area contributed by atoms with Crippen molar-refractivity contribution in [1.82, 2.24) is 0 Å². The molecule has 0 aliphatic carbocycles. The first-order valence-corrected chi connectivity index (χ1v) is 6.18. The van der Waals surface area contributed by atoms with E-state index in [1.165, 1.54) is 0 Å². The fourth-order valence-electron chi connectivity index (χ4n) is 1.20. The highest BCUT2D eigenvalue weighted by atomic mass is 79.9. The van der Waals surface area contributed by atoms with Crippen molar-refractivity contribution in [2.45, 2.75) is 13.8 Å². The van der Waals surface area contributed by atoms with Crippen LogP contribution in [-0.2, 0) is 9.53 Å². The number of ether oxygens (including phenoxy) is 2. The summed E-state index contributed by atoms with van der Waals surface area (Å²) in [5.74, 6) is 0.373. The highest BCUT2D eigenvalue weighted by molar-refractivity contribution is 9.10. The lowest BCUT2D eigenvalue weighted by Gasteiger charge is -2.10. The summed E-state index contributed by atoms with van der Waals surface area (Å²) in [4.78, 5) is 11.5. The first kappa shape index (κ1) is 13.8. The Labute approximate surface area is 110 Å². The fraction of sp³-hybridized carbons (Fsp3) is 0.308. The number of benzene rings is 1. The Hall–Kier alpha value is -1.29. The third-order valence-corrected chi connectivity index (χ3v) is 2.76. The molecular weight excluding hydrogens is 284 g/mol. The van der Waals surface area contributed by atoms with Gasteiger partial charge in [0.25, 0.3) is 0 Å². The zero-order valence-corrected chi connectivity index (χ0v) is 11.5. The molecule has 0 heterocycles. The Morgan fingerprint density at radius 1 is 1.41 bits per heavy atom. The second-order valence-electron chi connectivity index (χ2n) is 3.25. The van der Waals surface area contributed by atoms with Gasteiger partial charge in [0.1, 0.15) is 12.4 Å². The lowest BCUT2D eigenvalue weighted by Crippen LogP contribution is -2.14. The Kier molecular flexibility index (Phi) is 5.77. The summed E-state index contributed by atoms with van der Waals surface area (Å²) in [6.07, 6.45) is 1.70. The van der Waals surface area contributed by atoms with Crippen molar-refractivity contribution >= 4 is 21.9 Å².